The molecule has 4 aromatic rings. The zero-order valence-corrected chi connectivity index (χ0v) is 23.9. The summed E-state index contributed by atoms with van der Waals surface area (Å²) in [6, 6.07) is 9.07. The maximum atomic E-state index is 13.7. The first-order chi connectivity index (χ1) is 17.9. The maximum Gasteiger partial charge on any atom is 0.274 e. The molecule has 0 saturated carbocycles. The predicted molar refractivity (Wildman–Crippen MR) is 149 cm³/mol. The Bertz CT molecular complexity index is 1540. The molecule has 8 nitrogen and oxygen atoms in total. The van der Waals surface area contributed by atoms with E-state index in [-0.39, 0.29) is 12.5 Å². The number of ether oxygens (including phenoxy) is 2. The van der Waals surface area contributed by atoms with Crippen LogP contribution in [0, 0.1) is 13.8 Å². The van der Waals surface area contributed by atoms with E-state index in [0.29, 0.717) is 38.5 Å². The number of aromatic amines is 1. The van der Waals surface area contributed by atoms with Gasteiger partial charge in [0.1, 0.15) is 18.1 Å². The number of carbonyl (C=O) groups is 1. The van der Waals surface area contributed by atoms with Crippen molar-refractivity contribution < 1.29 is 14.3 Å². The Labute approximate surface area is 231 Å². The van der Waals surface area contributed by atoms with Gasteiger partial charge in [-0.15, -0.1) is 0 Å². The van der Waals surface area contributed by atoms with E-state index < -0.39 is 5.54 Å². The Hall–Kier alpha value is -3.49. The molecule has 1 aliphatic rings. The van der Waals surface area contributed by atoms with Gasteiger partial charge >= 0.3 is 0 Å². The van der Waals surface area contributed by atoms with Crippen LogP contribution in [0.4, 0.5) is 0 Å². The van der Waals surface area contributed by atoms with Gasteiger partial charge in [0.2, 0.25) is 0 Å². The van der Waals surface area contributed by atoms with E-state index >= 15 is 0 Å². The number of hydrogen-bond donors (Lipinski definition) is 1. The molecule has 0 spiro atoms. The minimum absolute atomic E-state index is 0.169. The summed E-state index contributed by atoms with van der Waals surface area (Å²) in [4.78, 5) is 15.4. The molecule has 1 amide bonds. The molecule has 1 N–H and O–H groups in total. The number of benzene rings is 2. The number of carbonyl (C=O) groups excluding carboxylic acids is 1. The van der Waals surface area contributed by atoms with Gasteiger partial charge in [0.25, 0.3) is 5.91 Å². The Kier molecular flexibility index (Phi) is 6.44. The van der Waals surface area contributed by atoms with Crippen molar-refractivity contribution in [1.82, 2.24) is 24.9 Å². The van der Waals surface area contributed by atoms with Crippen LogP contribution in [0.15, 0.2) is 30.3 Å². The van der Waals surface area contributed by atoms with Crippen molar-refractivity contribution in [3.8, 4) is 39.6 Å². The molecule has 0 atom stereocenters. The van der Waals surface area contributed by atoms with E-state index in [9.17, 15) is 4.79 Å². The van der Waals surface area contributed by atoms with Gasteiger partial charge in [-0.3, -0.25) is 9.89 Å². The molecule has 0 unspecified atom stereocenters. The first kappa shape index (κ1) is 26.1. The van der Waals surface area contributed by atoms with Crippen molar-refractivity contribution in [2.24, 2.45) is 0 Å². The number of H-pyrrole nitrogens is 1. The lowest BCUT2D eigenvalue weighted by atomic mass is 9.95. The van der Waals surface area contributed by atoms with Crippen LogP contribution in [-0.2, 0) is 6.61 Å². The summed E-state index contributed by atoms with van der Waals surface area (Å²) in [5.41, 5.74) is 6.28. The summed E-state index contributed by atoms with van der Waals surface area (Å²) in [6.45, 7) is 10.0. The number of methoxy groups -OCH3 is 1. The van der Waals surface area contributed by atoms with E-state index in [2.05, 4.69) is 10.2 Å². The van der Waals surface area contributed by atoms with Gasteiger partial charge in [0, 0.05) is 56.6 Å². The van der Waals surface area contributed by atoms with Gasteiger partial charge in [-0.05, 0) is 58.9 Å². The minimum Gasteiger partial charge on any atom is -0.496 e. The Morgan fingerprint density at radius 1 is 1.11 bits per heavy atom. The average Bonchev–Trinajstić information content (AvgIpc) is 3.41. The van der Waals surface area contributed by atoms with Crippen LogP contribution in [-0.4, -0.2) is 50.5 Å². The third kappa shape index (κ3) is 4.31. The number of nitrogens with zero attached hydrogens (tertiary/aromatic N) is 4. The van der Waals surface area contributed by atoms with E-state index in [1.54, 1.807) is 41.9 Å². The fourth-order valence-corrected chi connectivity index (χ4v) is 5.19. The number of rotatable bonds is 4. The molecule has 5 rings (SSSR count). The lowest BCUT2D eigenvalue weighted by Crippen LogP contribution is -2.43. The number of hydrogen-bond acceptors (Lipinski definition) is 5. The molecule has 2 aromatic carbocycles. The third-order valence-corrected chi connectivity index (χ3v) is 7.35. The second kappa shape index (κ2) is 9.36. The second-order valence-corrected chi connectivity index (χ2v) is 11.3. The van der Waals surface area contributed by atoms with Gasteiger partial charge in [-0.25, -0.2) is 4.68 Å². The molecule has 0 aliphatic carbocycles. The highest BCUT2D eigenvalue weighted by atomic mass is 35.5. The zero-order chi connectivity index (χ0) is 27.5. The minimum atomic E-state index is -0.405. The fraction of sp³-hybridized carbons (Fsp3) is 0.321. The summed E-state index contributed by atoms with van der Waals surface area (Å²) in [5, 5.41) is 13.2. The number of aromatic nitrogens is 4. The molecule has 3 heterocycles. The molecule has 10 heteroatoms. The first-order valence-electron chi connectivity index (χ1n) is 12.1. The van der Waals surface area contributed by atoms with Crippen LogP contribution < -0.4 is 9.47 Å². The number of fused-ring (bicyclic) bond motifs is 3. The molecule has 198 valence electrons. The molecular weight excluding hydrogens is 525 g/mol. The van der Waals surface area contributed by atoms with Crippen LogP contribution in [0.25, 0.3) is 28.1 Å². The summed E-state index contributed by atoms with van der Waals surface area (Å²) in [6.07, 6.45) is 0. The quantitative estimate of drug-likeness (QED) is 0.306. The molecule has 38 heavy (non-hydrogen) atoms. The molecule has 1 aliphatic heterocycles. The summed E-state index contributed by atoms with van der Waals surface area (Å²) in [5.74, 6) is 1.07. The predicted octanol–water partition coefficient (Wildman–Crippen LogP) is 6.62. The van der Waals surface area contributed by atoms with Gasteiger partial charge in [-0.1, -0.05) is 23.2 Å². The highest BCUT2D eigenvalue weighted by Crippen LogP contribution is 2.47. The van der Waals surface area contributed by atoms with Crippen LogP contribution >= 0.6 is 23.2 Å². The van der Waals surface area contributed by atoms with Crippen LogP contribution in [0.5, 0.6) is 11.5 Å². The summed E-state index contributed by atoms with van der Waals surface area (Å²) >= 11 is 12.8. The Morgan fingerprint density at radius 2 is 1.79 bits per heavy atom. The number of nitrogens with one attached hydrogen (secondary N) is 1. The van der Waals surface area contributed by atoms with E-state index in [4.69, 9.17) is 37.8 Å². The fourth-order valence-electron chi connectivity index (χ4n) is 4.68. The van der Waals surface area contributed by atoms with Crippen molar-refractivity contribution >= 4 is 29.1 Å². The monoisotopic (exact) mass is 553 g/mol. The largest absolute Gasteiger partial charge is 0.496 e. The van der Waals surface area contributed by atoms with Gasteiger partial charge < -0.3 is 14.4 Å². The van der Waals surface area contributed by atoms with E-state index in [1.165, 1.54) is 0 Å². The Balaban J connectivity index is 1.81. The standard InChI is InChI=1S/C28H29Cl2N5O3/c1-14-24(15(2)32-31-14)19-11-20-23(12-22(19)37-7)38-13-21-25(27(36)34(6)28(3,4)5)33-35(26(20)21)18-9-16(29)8-17(30)10-18/h8-12H,13H2,1-7H3,(H,31,32). The van der Waals surface area contributed by atoms with Crippen LogP contribution in [0.2, 0.25) is 10.0 Å². The molecule has 2 aromatic heterocycles. The van der Waals surface area contributed by atoms with E-state index in [1.807, 2.05) is 46.8 Å². The maximum absolute atomic E-state index is 13.7. The van der Waals surface area contributed by atoms with Crippen molar-refractivity contribution in [2.45, 2.75) is 46.8 Å². The van der Waals surface area contributed by atoms with Crippen molar-refractivity contribution in [3.05, 3.63) is 63.0 Å². The Morgan fingerprint density at radius 3 is 2.37 bits per heavy atom. The average molecular weight is 554 g/mol. The van der Waals surface area contributed by atoms with Crippen molar-refractivity contribution in [3.63, 3.8) is 0 Å². The number of aryl methyl sites for hydroxylation is 2. The molecule has 0 radical (unpaired) electrons. The normalized spacial score (nSPS) is 12.6. The van der Waals surface area contributed by atoms with Crippen molar-refractivity contribution in [1.29, 1.82) is 0 Å². The molecule has 0 bridgehead atoms. The number of halogens is 2. The molecule has 0 saturated heterocycles. The lowest BCUT2D eigenvalue weighted by molar-refractivity contribution is 0.0646. The summed E-state index contributed by atoms with van der Waals surface area (Å²) < 4.78 is 13.7. The van der Waals surface area contributed by atoms with E-state index in [0.717, 1.165) is 33.8 Å². The molecular formula is C28H29Cl2N5O3. The topological polar surface area (TPSA) is 85.3 Å². The highest BCUT2D eigenvalue weighted by molar-refractivity contribution is 6.34. The van der Waals surface area contributed by atoms with Gasteiger partial charge in [-0.2, -0.15) is 10.2 Å². The zero-order valence-electron chi connectivity index (χ0n) is 22.4. The van der Waals surface area contributed by atoms with Gasteiger partial charge in [0.15, 0.2) is 5.69 Å². The smallest absolute Gasteiger partial charge is 0.274 e. The number of amides is 1. The van der Waals surface area contributed by atoms with Crippen molar-refractivity contribution in [2.75, 3.05) is 14.2 Å². The van der Waals surface area contributed by atoms with Gasteiger partial charge in [0.05, 0.1) is 24.2 Å². The van der Waals surface area contributed by atoms with Crippen LogP contribution in [0.1, 0.15) is 48.2 Å². The SMILES string of the molecule is COc1cc2c(cc1-c1c(C)n[nH]c1C)-c1c(c(C(=O)N(C)C(C)(C)C)nn1-c1cc(Cl)cc(Cl)c1)CO2. The highest BCUT2D eigenvalue weighted by Gasteiger charge is 2.35. The summed E-state index contributed by atoms with van der Waals surface area (Å²) in [7, 11) is 3.40. The first-order valence-corrected chi connectivity index (χ1v) is 12.9. The second-order valence-electron chi connectivity index (χ2n) is 10.4. The third-order valence-electron chi connectivity index (χ3n) is 6.92. The van der Waals surface area contributed by atoms with Crippen LogP contribution in [0.3, 0.4) is 0 Å². The lowest BCUT2D eigenvalue weighted by Gasteiger charge is -2.31. The molecule has 0 fully saturated rings.